The van der Waals surface area contributed by atoms with Crippen LogP contribution in [0.2, 0.25) is 5.02 Å². The lowest BCUT2D eigenvalue weighted by Crippen LogP contribution is -2.19. The van der Waals surface area contributed by atoms with Crippen LogP contribution in [-0.4, -0.2) is 21.8 Å². The minimum Gasteiger partial charge on any atom is -0.477 e. The molecule has 1 heterocycles. The summed E-state index contributed by atoms with van der Waals surface area (Å²) in [7, 11) is 0. The number of alkyl halides is 3. The molecular formula is C9H9ClF3NO2. The summed E-state index contributed by atoms with van der Waals surface area (Å²) in [5.41, 5.74) is -0.248. The molecule has 0 aromatic carbocycles. The number of aromatic carboxylic acids is 1. The van der Waals surface area contributed by atoms with Gasteiger partial charge < -0.3 is 9.67 Å². The number of carboxylic acids is 1. The third-order valence-electron chi connectivity index (χ3n) is 2.04. The summed E-state index contributed by atoms with van der Waals surface area (Å²) >= 11 is 5.56. The van der Waals surface area contributed by atoms with Gasteiger partial charge in [-0.25, -0.2) is 4.79 Å². The zero-order valence-corrected chi connectivity index (χ0v) is 9.01. The number of aromatic nitrogens is 1. The second-order valence-electron chi connectivity index (χ2n) is 3.42. The van der Waals surface area contributed by atoms with Gasteiger partial charge in [-0.05, 0) is 13.0 Å². The van der Waals surface area contributed by atoms with Crippen LogP contribution in [0.4, 0.5) is 13.2 Å². The van der Waals surface area contributed by atoms with E-state index < -0.39 is 24.6 Å². The molecule has 3 nitrogen and oxygen atoms in total. The molecule has 1 atom stereocenters. The second kappa shape index (κ2) is 4.37. The smallest absolute Gasteiger partial charge is 0.391 e. The van der Waals surface area contributed by atoms with Gasteiger partial charge in [-0.1, -0.05) is 11.6 Å². The van der Waals surface area contributed by atoms with Crippen molar-refractivity contribution < 1.29 is 23.1 Å². The van der Waals surface area contributed by atoms with Gasteiger partial charge in [0.2, 0.25) is 0 Å². The Morgan fingerprint density at radius 2 is 2.19 bits per heavy atom. The Morgan fingerprint density at radius 3 is 2.62 bits per heavy atom. The molecular weight excluding hydrogens is 247 g/mol. The highest BCUT2D eigenvalue weighted by Crippen LogP contribution is 2.29. The predicted molar refractivity (Wildman–Crippen MR) is 51.8 cm³/mol. The SMILES string of the molecule is CC(CC(F)(F)F)n1cc(Cl)cc1C(=O)O. The molecule has 0 fully saturated rings. The van der Waals surface area contributed by atoms with Crippen LogP contribution in [0.5, 0.6) is 0 Å². The number of hydrogen-bond donors (Lipinski definition) is 1. The molecule has 1 unspecified atom stereocenters. The first-order valence-electron chi connectivity index (χ1n) is 4.38. The molecule has 1 aromatic rings. The van der Waals surface area contributed by atoms with E-state index in [4.69, 9.17) is 16.7 Å². The van der Waals surface area contributed by atoms with Crippen LogP contribution >= 0.6 is 11.6 Å². The van der Waals surface area contributed by atoms with Gasteiger partial charge in [0, 0.05) is 12.2 Å². The summed E-state index contributed by atoms with van der Waals surface area (Å²) in [6, 6.07) is 0.120. The first-order chi connectivity index (χ1) is 7.20. The van der Waals surface area contributed by atoms with E-state index in [0.717, 1.165) is 10.6 Å². The molecule has 0 spiro atoms. The number of carboxylic acid groups (broad SMARTS) is 1. The maximum Gasteiger partial charge on any atom is 0.391 e. The van der Waals surface area contributed by atoms with Crippen molar-refractivity contribution in [2.45, 2.75) is 25.6 Å². The van der Waals surface area contributed by atoms with Gasteiger partial charge in [-0.2, -0.15) is 13.2 Å². The fourth-order valence-electron chi connectivity index (χ4n) is 1.41. The van der Waals surface area contributed by atoms with Crippen LogP contribution in [0.15, 0.2) is 12.3 Å². The van der Waals surface area contributed by atoms with Crippen LogP contribution in [0, 0.1) is 0 Å². The highest BCUT2D eigenvalue weighted by molar-refractivity contribution is 6.30. The van der Waals surface area contributed by atoms with Crippen molar-refractivity contribution in [3.05, 3.63) is 23.0 Å². The molecule has 0 radical (unpaired) electrons. The highest BCUT2D eigenvalue weighted by Gasteiger charge is 2.31. The van der Waals surface area contributed by atoms with Crippen LogP contribution in [-0.2, 0) is 0 Å². The largest absolute Gasteiger partial charge is 0.477 e. The molecule has 0 bridgehead atoms. The van der Waals surface area contributed by atoms with E-state index in [-0.39, 0.29) is 10.7 Å². The van der Waals surface area contributed by atoms with Crippen LogP contribution < -0.4 is 0 Å². The van der Waals surface area contributed by atoms with Gasteiger partial charge >= 0.3 is 12.1 Å². The van der Waals surface area contributed by atoms with Gasteiger partial charge in [0.25, 0.3) is 0 Å². The zero-order chi connectivity index (χ0) is 12.5. The molecule has 0 aliphatic rings. The third-order valence-corrected chi connectivity index (χ3v) is 2.24. The Morgan fingerprint density at radius 1 is 1.62 bits per heavy atom. The lowest BCUT2D eigenvalue weighted by atomic mass is 10.2. The molecule has 16 heavy (non-hydrogen) atoms. The summed E-state index contributed by atoms with van der Waals surface area (Å²) in [5.74, 6) is -1.30. The monoisotopic (exact) mass is 255 g/mol. The Kier molecular flexibility index (Phi) is 3.52. The normalized spacial score (nSPS) is 13.8. The number of carbonyl (C=O) groups is 1. The van der Waals surface area contributed by atoms with Crippen LogP contribution in [0.25, 0.3) is 0 Å². The quantitative estimate of drug-likeness (QED) is 0.900. The Balaban J connectivity index is 2.99. The fraction of sp³-hybridized carbons (Fsp3) is 0.444. The summed E-state index contributed by atoms with van der Waals surface area (Å²) in [6.45, 7) is 1.29. The van der Waals surface area contributed by atoms with Crippen molar-refractivity contribution >= 4 is 17.6 Å². The first-order valence-corrected chi connectivity index (χ1v) is 4.76. The van der Waals surface area contributed by atoms with E-state index in [1.807, 2.05) is 0 Å². The predicted octanol–water partition coefficient (Wildman–Crippen LogP) is 3.35. The van der Waals surface area contributed by atoms with Gasteiger partial charge in [0.05, 0.1) is 11.4 Å². The highest BCUT2D eigenvalue weighted by atomic mass is 35.5. The van der Waals surface area contributed by atoms with E-state index in [1.54, 1.807) is 0 Å². The van der Waals surface area contributed by atoms with Crippen molar-refractivity contribution in [3.8, 4) is 0 Å². The fourth-order valence-corrected chi connectivity index (χ4v) is 1.62. The standard InChI is InChI=1S/C9H9ClF3NO2/c1-5(3-9(11,12)13)14-4-6(10)2-7(14)8(15)16/h2,4-5H,3H2,1H3,(H,15,16). The van der Waals surface area contributed by atoms with Crippen molar-refractivity contribution in [1.29, 1.82) is 0 Å². The van der Waals surface area contributed by atoms with E-state index in [9.17, 15) is 18.0 Å². The minimum atomic E-state index is -4.34. The van der Waals surface area contributed by atoms with Crippen molar-refractivity contribution in [3.63, 3.8) is 0 Å². The molecule has 1 rings (SSSR count). The van der Waals surface area contributed by atoms with Gasteiger partial charge in [0.15, 0.2) is 0 Å². The number of hydrogen-bond acceptors (Lipinski definition) is 1. The average molecular weight is 256 g/mol. The molecule has 0 aliphatic carbocycles. The molecule has 90 valence electrons. The van der Waals surface area contributed by atoms with Gasteiger partial charge in [-0.3, -0.25) is 0 Å². The maximum atomic E-state index is 12.1. The molecule has 0 amide bonds. The Labute approximate surface area is 94.4 Å². The summed E-state index contributed by atoms with van der Waals surface area (Å²) in [4.78, 5) is 10.7. The molecule has 1 aromatic heterocycles. The van der Waals surface area contributed by atoms with Crippen molar-refractivity contribution in [2.75, 3.05) is 0 Å². The van der Waals surface area contributed by atoms with Crippen molar-refractivity contribution in [1.82, 2.24) is 4.57 Å². The molecule has 0 saturated heterocycles. The summed E-state index contributed by atoms with van der Waals surface area (Å²) in [5, 5.41) is 8.87. The van der Waals surface area contributed by atoms with E-state index in [1.165, 1.54) is 13.1 Å². The first kappa shape index (κ1) is 12.9. The summed E-state index contributed by atoms with van der Waals surface area (Å²) in [6.07, 6.45) is -4.26. The van der Waals surface area contributed by atoms with E-state index in [0.29, 0.717) is 0 Å². The maximum absolute atomic E-state index is 12.1. The molecule has 7 heteroatoms. The van der Waals surface area contributed by atoms with Gasteiger partial charge in [0.1, 0.15) is 5.69 Å². The zero-order valence-electron chi connectivity index (χ0n) is 8.25. The summed E-state index contributed by atoms with van der Waals surface area (Å²) < 4.78 is 37.4. The topological polar surface area (TPSA) is 42.2 Å². The number of halogens is 4. The minimum absolute atomic E-state index is 0.103. The van der Waals surface area contributed by atoms with E-state index in [2.05, 4.69) is 0 Å². The average Bonchev–Trinajstić information content (AvgIpc) is 2.44. The Bertz CT molecular complexity index is 400. The Hall–Kier alpha value is -1.17. The van der Waals surface area contributed by atoms with Crippen LogP contribution in [0.3, 0.4) is 0 Å². The lowest BCUT2D eigenvalue weighted by molar-refractivity contribution is -0.141. The second-order valence-corrected chi connectivity index (χ2v) is 3.86. The molecule has 0 aliphatic heterocycles. The lowest BCUT2D eigenvalue weighted by Gasteiger charge is -2.17. The van der Waals surface area contributed by atoms with Crippen molar-refractivity contribution in [2.24, 2.45) is 0 Å². The number of nitrogens with zero attached hydrogens (tertiary/aromatic N) is 1. The van der Waals surface area contributed by atoms with Gasteiger partial charge in [-0.15, -0.1) is 0 Å². The molecule has 0 saturated carbocycles. The van der Waals surface area contributed by atoms with E-state index >= 15 is 0 Å². The number of rotatable bonds is 3. The van der Waals surface area contributed by atoms with Crippen LogP contribution in [0.1, 0.15) is 29.9 Å². The molecule has 1 N–H and O–H groups in total. The third kappa shape index (κ3) is 3.16.